The number of nitrogens with two attached hydrogens (primary N) is 1. The van der Waals surface area contributed by atoms with Crippen molar-refractivity contribution in [3.63, 3.8) is 0 Å². The van der Waals surface area contributed by atoms with Crippen LogP contribution in [0.25, 0.3) is 0 Å². The molecule has 23 heavy (non-hydrogen) atoms. The van der Waals surface area contributed by atoms with Crippen molar-refractivity contribution in [2.24, 2.45) is 17.6 Å². The van der Waals surface area contributed by atoms with Crippen LogP contribution in [0.5, 0.6) is 0 Å². The van der Waals surface area contributed by atoms with E-state index in [-0.39, 0.29) is 24.2 Å². The SMILES string of the molecule is CC[C@H](C)[C@H](NC(=O)C(C)C(N)c1ccccc1)C(=O)OC.Cl. The van der Waals surface area contributed by atoms with Crippen LogP contribution in [0.2, 0.25) is 0 Å². The van der Waals surface area contributed by atoms with Gasteiger partial charge in [-0.05, 0) is 11.5 Å². The van der Waals surface area contributed by atoms with Crippen LogP contribution >= 0.6 is 12.4 Å². The smallest absolute Gasteiger partial charge is 0.328 e. The summed E-state index contributed by atoms with van der Waals surface area (Å²) in [5.74, 6) is -1.12. The molecule has 0 spiro atoms. The molecule has 3 N–H and O–H groups in total. The van der Waals surface area contributed by atoms with E-state index >= 15 is 0 Å². The molecule has 6 heteroatoms. The lowest BCUT2D eigenvalue weighted by molar-refractivity contribution is -0.147. The first kappa shape index (κ1) is 21.4. The van der Waals surface area contributed by atoms with Crippen LogP contribution in [-0.2, 0) is 14.3 Å². The fourth-order valence-corrected chi connectivity index (χ4v) is 2.21. The van der Waals surface area contributed by atoms with Gasteiger partial charge in [0.1, 0.15) is 6.04 Å². The van der Waals surface area contributed by atoms with E-state index in [1.165, 1.54) is 7.11 Å². The number of hydrogen-bond donors (Lipinski definition) is 2. The molecule has 0 fully saturated rings. The number of methoxy groups -OCH3 is 1. The van der Waals surface area contributed by atoms with Gasteiger partial charge in [-0.3, -0.25) is 4.79 Å². The number of hydrogen-bond acceptors (Lipinski definition) is 4. The Bertz CT molecular complexity index is 496. The van der Waals surface area contributed by atoms with Crippen LogP contribution in [0, 0.1) is 11.8 Å². The molecule has 0 saturated heterocycles. The number of ether oxygens (including phenoxy) is 1. The molecule has 0 aliphatic carbocycles. The molecule has 0 radical (unpaired) electrons. The summed E-state index contributed by atoms with van der Waals surface area (Å²) in [5.41, 5.74) is 7.05. The lowest BCUT2D eigenvalue weighted by atomic mass is 9.93. The van der Waals surface area contributed by atoms with E-state index < -0.39 is 24.0 Å². The molecule has 0 heterocycles. The molecule has 0 aliphatic rings. The molecule has 1 rings (SSSR count). The normalized spacial score (nSPS) is 15.5. The number of esters is 1. The number of nitrogens with one attached hydrogen (secondary N) is 1. The number of rotatable bonds is 7. The van der Waals surface area contributed by atoms with Crippen molar-refractivity contribution >= 4 is 24.3 Å². The number of amides is 1. The molecule has 0 aliphatic heterocycles. The van der Waals surface area contributed by atoms with Crippen molar-refractivity contribution in [3.05, 3.63) is 35.9 Å². The zero-order chi connectivity index (χ0) is 16.7. The number of carbonyl (C=O) groups is 2. The van der Waals surface area contributed by atoms with Crippen molar-refractivity contribution in [3.8, 4) is 0 Å². The topological polar surface area (TPSA) is 81.4 Å². The number of benzene rings is 1. The van der Waals surface area contributed by atoms with Gasteiger partial charge in [0.15, 0.2) is 0 Å². The van der Waals surface area contributed by atoms with E-state index in [1.807, 2.05) is 44.2 Å². The average Bonchev–Trinajstić information content (AvgIpc) is 2.57. The third kappa shape index (κ3) is 5.84. The third-order valence-corrected chi connectivity index (χ3v) is 4.10. The Kier molecular flexibility index (Phi) is 9.53. The lowest BCUT2D eigenvalue weighted by Crippen LogP contribution is -2.48. The second-order valence-electron chi connectivity index (χ2n) is 5.62. The van der Waals surface area contributed by atoms with Crippen molar-refractivity contribution in [2.75, 3.05) is 7.11 Å². The van der Waals surface area contributed by atoms with Crippen LogP contribution < -0.4 is 11.1 Å². The van der Waals surface area contributed by atoms with Gasteiger partial charge >= 0.3 is 5.97 Å². The molecule has 0 saturated carbocycles. The lowest BCUT2D eigenvalue weighted by Gasteiger charge is -2.26. The highest BCUT2D eigenvalue weighted by Crippen LogP contribution is 2.20. The Morgan fingerprint density at radius 1 is 1.22 bits per heavy atom. The van der Waals surface area contributed by atoms with Gasteiger partial charge in [-0.1, -0.05) is 57.5 Å². The van der Waals surface area contributed by atoms with Crippen LogP contribution in [0.1, 0.15) is 38.8 Å². The van der Waals surface area contributed by atoms with E-state index in [0.29, 0.717) is 0 Å². The van der Waals surface area contributed by atoms with Gasteiger partial charge in [-0.15, -0.1) is 12.4 Å². The van der Waals surface area contributed by atoms with E-state index in [2.05, 4.69) is 5.32 Å². The van der Waals surface area contributed by atoms with Gasteiger partial charge in [0.05, 0.1) is 13.0 Å². The van der Waals surface area contributed by atoms with E-state index in [1.54, 1.807) is 6.92 Å². The van der Waals surface area contributed by atoms with E-state index in [9.17, 15) is 9.59 Å². The Morgan fingerprint density at radius 2 is 1.78 bits per heavy atom. The molecule has 4 atom stereocenters. The fourth-order valence-electron chi connectivity index (χ4n) is 2.21. The Balaban J connectivity index is 0.00000484. The predicted molar refractivity (Wildman–Crippen MR) is 93.2 cm³/mol. The first-order valence-electron chi connectivity index (χ1n) is 7.61. The van der Waals surface area contributed by atoms with Crippen LogP contribution in [0.3, 0.4) is 0 Å². The minimum atomic E-state index is -0.645. The predicted octanol–water partition coefficient (Wildman–Crippen LogP) is 2.45. The molecule has 1 amide bonds. The van der Waals surface area contributed by atoms with Gasteiger partial charge in [-0.2, -0.15) is 0 Å². The third-order valence-electron chi connectivity index (χ3n) is 4.10. The molecular formula is C17H27ClN2O3. The summed E-state index contributed by atoms with van der Waals surface area (Å²) >= 11 is 0. The average molecular weight is 343 g/mol. The molecule has 0 bridgehead atoms. The van der Waals surface area contributed by atoms with Crippen LogP contribution in [0.4, 0.5) is 0 Å². The van der Waals surface area contributed by atoms with Crippen molar-refractivity contribution in [1.29, 1.82) is 0 Å². The second-order valence-corrected chi connectivity index (χ2v) is 5.62. The zero-order valence-corrected chi connectivity index (χ0v) is 14.9. The first-order chi connectivity index (χ1) is 10.4. The monoisotopic (exact) mass is 342 g/mol. The second kappa shape index (κ2) is 10.2. The Labute approximate surface area is 144 Å². The maximum Gasteiger partial charge on any atom is 0.328 e. The highest BCUT2D eigenvalue weighted by atomic mass is 35.5. The highest BCUT2D eigenvalue weighted by molar-refractivity contribution is 5.86. The van der Waals surface area contributed by atoms with E-state index in [0.717, 1.165) is 12.0 Å². The Hall–Kier alpha value is -1.59. The summed E-state index contributed by atoms with van der Waals surface area (Å²) in [7, 11) is 1.32. The first-order valence-corrected chi connectivity index (χ1v) is 7.61. The maximum absolute atomic E-state index is 12.4. The summed E-state index contributed by atoms with van der Waals surface area (Å²) in [5, 5.41) is 2.78. The van der Waals surface area contributed by atoms with Crippen molar-refractivity contribution in [1.82, 2.24) is 5.32 Å². The summed E-state index contributed by atoms with van der Waals surface area (Å²) in [6.07, 6.45) is 0.763. The minimum absolute atomic E-state index is 0. The Morgan fingerprint density at radius 3 is 2.26 bits per heavy atom. The van der Waals surface area contributed by atoms with Gasteiger partial charge in [0, 0.05) is 6.04 Å². The standard InChI is InChI=1S/C17H26N2O3.ClH/c1-5-11(2)15(17(21)22-4)19-16(20)12(3)14(18)13-9-7-6-8-10-13;/h6-12,14-15H,5,18H2,1-4H3,(H,19,20);1H/t11-,12?,14?,15-;/m0./s1. The van der Waals surface area contributed by atoms with Crippen molar-refractivity contribution < 1.29 is 14.3 Å². The molecular weight excluding hydrogens is 316 g/mol. The largest absolute Gasteiger partial charge is 0.467 e. The summed E-state index contributed by atoms with van der Waals surface area (Å²) in [6, 6.07) is 8.38. The molecule has 0 aromatic heterocycles. The van der Waals surface area contributed by atoms with E-state index in [4.69, 9.17) is 10.5 Å². The van der Waals surface area contributed by atoms with Gasteiger partial charge in [-0.25, -0.2) is 4.79 Å². The molecule has 5 nitrogen and oxygen atoms in total. The van der Waals surface area contributed by atoms with Gasteiger partial charge in [0.25, 0.3) is 0 Å². The maximum atomic E-state index is 12.4. The summed E-state index contributed by atoms with van der Waals surface area (Å²) in [4.78, 5) is 24.3. The summed E-state index contributed by atoms with van der Waals surface area (Å²) < 4.78 is 4.78. The van der Waals surface area contributed by atoms with Gasteiger partial charge < -0.3 is 15.8 Å². The summed E-state index contributed by atoms with van der Waals surface area (Å²) in [6.45, 7) is 5.63. The molecule has 1 aromatic carbocycles. The molecule has 130 valence electrons. The van der Waals surface area contributed by atoms with Crippen molar-refractivity contribution in [2.45, 2.75) is 39.3 Å². The molecule has 2 unspecified atom stereocenters. The quantitative estimate of drug-likeness (QED) is 0.746. The zero-order valence-electron chi connectivity index (χ0n) is 14.1. The highest BCUT2D eigenvalue weighted by Gasteiger charge is 2.30. The molecule has 1 aromatic rings. The fraction of sp³-hybridized carbons (Fsp3) is 0.529. The number of halogens is 1. The van der Waals surface area contributed by atoms with Crippen LogP contribution in [0.15, 0.2) is 30.3 Å². The minimum Gasteiger partial charge on any atom is -0.467 e. The number of carbonyl (C=O) groups excluding carboxylic acids is 2. The van der Waals surface area contributed by atoms with Crippen LogP contribution in [-0.4, -0.2) is 25.0 Å². The van der Waals surface area contributed by atoms with Gasteiger partial charge in [0.2, 0.25) is 5.91 Å².